The molecule has 1 aromatic rings. The van der Waals surface area contributed by atoms with Crippen LogP contribution in [0.15, 0.2) is 35.9 Å². The van der Waals surface area contributed by atoms with Crippen molar-refractivity contribution >= 4 is 5.97 Å². The monoisotopic (exact) mass is 386 g/mol. The molecule has 0 aliphatic heterocycles. The van der Waals surface area contributed by atoms with Crippen LogP contribution >= 0.6 is 0 Å². The van der Waals surface area contributed by atoms with Crippen LogP contribution in [0, 0.1) is 23.1 Å². The SMILES string of the molecule is CCC(C)(C)C(=O)OCC1CC=C(C2CCC(c3ccc(F)cc3)CC2)CC1. The van der Waals surface area contributed by atoms with E-state index in [1.807, 2.05) is 32.9 Å². The lowest BCUT2D eigenvalue weighted by atomic mass is 9.73. The first-order valence-electron chi connectivity index (χ1n) is 11.0. The van der Waals surface area contributed by atoms with Gasteiger partial charge in [-0.3, -0.25) is 4.79 Å². The second-order valence-corrected chi connectivity index (χ2v) is 9.36. The lowest BCUT2D eigenvalue weighted by molar-refractivity contribution is -0.155. The molecule has 2 aliphatic carbocycles. The Labute approximate surface area is 169 Å². The lowest BCUT2D eigenvalue weighted by Crippen LogP contribution is -2.28. The predicted molar refractivity (Wildman–Crippen MR) is 112 cm³/mol. The fourth-order valence-electron chi connectivity index (χ4n) is 4.50. The van der Waals surface area contributed by atoms with E-state index in [4.69, 9.17) is 4.74 Å². The molecule has 0 radical (unpaired) electrons. The summed E-state index contributed by atoms with van der Waals surface area (Å²) in [4.78, 5) is 12.2. The molecule has 3 rings (SSSR count). The van der Waals surface area contributed by atoms with E-state index in [-0.39, 0.29) is 17.2 Å². The highest BCUT2D eigenvalue weighted by Crippen LogP contribution is 2.41. The van der Waals surface area contributed by atoms with E-state index < -0.39 is 0 Å². The Bertz CT molecular complexity index is 681. The van der Waals surface area contributed by atoms with Crippen molar-refractivity contribution in [1.29, 1.82) is 0 Å². The van der Waals surface area contributed by atoms with Gasteiger partial charge in [-0.15, -0.1) is 0 Å². The Morgan fingerprint density at radius 1 is 1.07 bits per heavy atom. The predicted octanol–water partition coefficient (Wildman–Crippen LogP) is 6.81. The molecule has 0 amide bonds. The quantitative estimate of drug-likeness (QED) is 0.397. The van der Waals surface area contributed by atoms with E-state index in [2.05, 4.69) is 6.08 Å². The van der Waals surface area contributed by atoms with Crippen LogP contribution in [0.25, 0.3) is 0 Å². The summed E-state index contributed by atoms with van der Waals surface area (Å²) in [5.41, 5.74) is 2.53. The molecule has 28 heavy (non-hydrogen) atoms. The average molecular weight is 387 g/mol. The lowest BCUT2D eigenvalue weighted by Gasteiger charge is -2.33. The molecule has 0 N–H and O–H groups in total. The molecule has 1 atom stereocenters. The molecule has 1 unspecified atom stereocenters. The summed E-state index contributed by atoms with van der Waals surface area (Å²) in [6, 6.07) is 7.07. The topological polar surface area (TPSA) is 26.3 Å². The Morgan fingerprint density at radius 2 is 1.71 bits per heavy atom. The number of esters is 1. The molecular weight excluding hydrogens is 351 g/mol. The molecule has 0 spiro atoms. The minimum Gasteiger partial charge on any atom is -0.465 e. The first kappa shape index (κ1) is 21.1. The smallest absolute Gasteiger partial charge is 0.311 e. The van der Waals surface area contributed by atoms with Crippen molar-refractivity contribution < 1.29 is 13.9 Å². The fourth-order valence-corrected chi connectivity index (χ4v) is 4.50. The molecule has 0 aromatic heterocycles. The highest BCUT2D eigenvalue weighted by atomic mass is 19.1. The first-order valence-corrected chi connectivity index (χ1v) is 11.0. The molecule has 0 bridgehead atoms. The maximum absolute atomic E-state index is 13.1. The summed E-state index contributed by atoms with van der Waals surface area (Å²) >= 11 is 0. The minimum atomic E-state index is -0.376. The normalized spacial score (nSPS) is 25.9. The maximum atomic E-state index is 13.1. The van der Waals surface area contributed by atoms with E-state index in [0.717, 1.165) is 25.7 Å². The van der Waals surface area contributed by atoms with Crippen molar-refractivity contribution in [2.45, 2.75) is 78.1 Å². The molecule has 1 aromatic carbocycles. The van der Waals surface area contributed by atoms with Crippen LogP contribution in [0.5, 0.6) is 0 Å². The number of hydrogen-bond acceptors (Lipinski definition) is 2. The molecule has 1 fully saturated rings. The number of halogens is 1. The first-order chi connectivity index (χ1) is 13.4. The zero-order valence-electron chi connectivity index (χ0n) is 17.7. The maximum Gasteiger partial charge on any atom is 0.311 e. The van der Waals surface area contributed by atoms with Gasteiger partial charge in [-0.1, -0.05) is 30.7 Å². The van der Waals surface area contributed by atoms with Crippen molar-refractivity contribution in [3.8, 4) is 0 Å². The van der Waals surface area contributed by atoms with Gasteiger partial charge in [0.05, 0.1) is 12.0 Å². The zero-order valence-corrected chi connectivity index (χ0v) is 17.7. The number of carbonyl (C=O) groups excluding carboxylic acids is 1. The Kier molecular flexibility index (Phi) is 6.95. The summed E-state index contributed by atoms with van der Waals surface area (Å²) in [7, 11) is 0. The highest BCUT2D eigenvalue weighted by molar-refractivity contribution is 5.75. The van der Waals surface area contributed by atoms with E-state index >= 15 is 0 Å². The second-order valence-electron chi connectivity index (χ2n) is 9.36. The third-order valence-electron chi connectivity index (χ3n) is 7.03. The van der Waals surface area contributed by atoms with Crippen LogP contribution in [0.2, 0.25) is 0 Å². The van der Waals surface area contributed by atoms with Gasteiger partial charge < -0.3 is 4.74 Å². The molecule has 2 aliphatic rings. The van der Waals surface area contributed by atoms with Crippen molar-refractivity contribution in [3.05, 3.63) is 47.3 Å². The van der Waals surface area contributed by atoms with Gasteiger partial charge in [0, 0.05) is 0 Å². The number of hydrogen-bond donors (Lipinski definition) is 0. The number of benzene rings is 1. The van der Waals surface area contributed by atoms with Crippen LogP contribution in [0.4, 0.5) is 4.39 Å². The molecule has 2 nitrogen and oxygen atoms in total. The van der Waals surface area contributed by atoms with Gasteiger partial charge >= 0.3 is 5.97 Å². The van der Waals surface area contributed by atoms with Gasteiger partial charge in [0.1, 0.15) is 5.82 Å². The Balaban J connectivity index is 1.44. The molecular formula is C25H35FO2. The van der Waals surface area contributed by atoms with E-state index in [9.17, 15) is 9.18 Å². The van der Waals surface area contributed by atoms with Crippen LogP contribution < -0.4 is 0 Å². The average Bonchev–Trinajstić information content (AvgIpc) is 2.73. The van der Waals surface area contributed by atoms with Crippen LogP contribution in [0.3, 0.4) is 0 Å². The van der Waals surface area contributed by atoms with Gasteiger partial charge in [0.2, 0.25) is 0 Å². The molecule has 154 valence electrons. The van der Waals surface area contributed by atoms with Crippen molar-refractivity contribution in [2.24, 2.45) is 17.3 Å². The standard InChI is InChI=1S/C25H35FO2/c1-4-25(2,3)24(27)28-17-18-5-7-19(8-6-18)20-9-11-21(12-10-20)22-13-15-23(26)16-14-22/h7,13-16,18,20-21H,4-6,8-12,17H2,1-3H3. The number of allylic oxidation sites excluding steroid dienone is 2. The highest BCUT2D eigenvalue weighted by Gasteiger charge is 2.29. The number of carbonyl (C=O) groups is 1. The third kappa shape index (κ3) is 5.24. The van der Waals surface area contributed by atoms with Gasteiger partial charge in [-0.05, 0) is 101 Å². The second kappa shape index (κ2) is 9.24. The zero-order chi connectivity index (χ0) is 20.1. The van der Waals surface area contributed by atoms with E-state index in [1.165, 1.54) is 31.2 Å². The summed E-state index contributed by atoms with van der Waals surface area (Å²) in [5, 5.41) is 0. The summed E-state index contributed by atoms with van der Waals surface area (Å²) in [6.45, 7) is 6.50. The Morgan fingerprint density at radius 3 is 2.29 bits per heavy atom. The van der Waals surface area contributed by atoms with Crippen molar-refractivity contribution in [3.63, 3.8) is 0 Å². The fraction of sp³-hybridized carbons (Fsp3) is 0.640. The summed E-state index contributed by atoms with van der Waals surface area (Å²) in [6.07, 6.45) is 11.4. The molecule has 0 saturated heterocycles. The van der Waals surface area contributed by atoms with Gasteiger partial charge in [0.15, 0.2) is 0 Å². The minimum absolute atomic E-state index is 0.0658. The Hall–Kier alpha value is -1.64. The van der Waals surface area contributed by atoms with Crippen LogP contribution in [-0.4, -0.2) is 12.6 Å². The van der Waals surface area contributed by atoms with E-state index in [0.29, 0.717) is 24.4 Å². The molecule has 3 heteroatoms. The van der Waals surface area contributed by atoms with Crippen molar-refractivity contribution in [1.82, 2.24) is 0 Å². The number of ether oxygens (including phenoxy) is 1. The van der Waals surface area contributed by atoms with Gasteiger partial charge in [-0.2, -0.15) is 0 Å². The summed E-state index contributed by atoms with van der Waals surface area (Å²) in [5.74, 6) is 1.54. The van der Waals surface area contributed by atoms with Gasteiger partial charge in [0.25, 0.3) is 0 Å². The molecule has 0 heterocycles. The summed E-state index contributed by atoms with van der Waals surface area (Å²) < 4.78 is 18.7. The number of rotatable bonds is 6. The van der Waals surface area contributed by atoms with Crippen LogP contribution in [0.1, 0.15) is 83.6 Å². The van der Waals surface area contributed by atoms with Crippen molar-refractivity contribution in [2.75, 3.05) is 6.61 Å². The van der Waals surface area contributed by atoms with E-state index in [1.54, 1.807) is 17.7 Å². The largest absolute Gasteiger partial charge is 0.465 e. The molecule has 1 saturated carbocycles. The van der Waals surface area contributed by atoms with Crippen LogP contribution in [-0.2, 0) is 9.53 Å². The van der Waals surface area contributed by atoms with Gasteiger partial charge in [-0.25, -0.2) is 4.39 Å². The third-order valence-corrected chi connectivity index (χ3v) is 7.03.